The van der Waals surface area contributed by atoms with E-state index < -0.39 is 7.92 Å². The minimum atomic E-state index is -0.554. The molecule has 4 aromatic rings. The van der Waals surface area contributed by atoms with Crippen molar-refractivity contribution >= 4 is 24.4 Å². The first-order valence-corrected chi connectivity index (χ1v) is 12.1. The van der Waals surface area contributed by atoms with Gasteiger partial charge in [0, 0.05) is 11.7 Å². The molecule has 0 spiro atoms. The molecule has 5 rings (SSSR count). The number of nitrogens with zero attached hydrogens (tertiary/aromatic N) is 1. The zero-order valence-electron chi connectivity index (χ0n) is 17.2. The quantitative estimate of drug-likeness (QED) is 0.366. The third kappa shape index (κ3) is 4.45. The largest absolute Gasteiger partial charge is 0.467 e. The molecule has 0 saturated heterocycles. The van der Waals surface area contributed by atoms with E-state index in [1.165, 1.54) is 16.2 Å². The van der Waals surface area contributed by atoms with Gasteiger partial charge in [-0.05, 0) is 36.2 Å². The summed E-state index contributed by atoms with van der Waals surface area (Å²) in [5.74, 6) is 0.746. The van der Waals surface area contributed by atoms with Crippen LogP contribution in [0.25, 0.3) is 0 Å². The van der Waals surface area contributed by atoms with Crippen LogP contribution in [0.5, 0.6) is 0 Å². The number of ether oxygens (including phenoxy) is 1. The highest BCUT2D eigenvalue weighted by Gasteiger charge is 2.35. The van der Waals surface area contributed by atoms with E-state index in [0.29, 0.717) is 0 Å². The van der Waals surface area contributed by atoms with Gasteiger partial charge in [0.15, 0.2) is 0 Å². The lowest BCUT2D eigenvalue weighted by Crippen LogP contribution is -2.24. The van der Waals surface area contributed by atoms with Crippen LogP contribution in [0.4, 0.5) is 0 Å². The summed E-state index contributed by atoms with van der Waals surface area (Å²) in [5, 5.41) is 2.75. The molecule has 0 bridgehead atoms. The zero-order valence-corrected chi connectivity index (χ0v) is 18.1. The van der Waals surface area contributed by atoms with Gasteiger partial charge in [0.05, 0.1) is 6.04 Å². The van der Waals surface area contributed by atoms with Crippen LogP contribution in [0, 0.1) is 0 Å². The molecule has 0 saturated carbocycles. The maximum Gasteiger partial charge on any atom is 0.217 e. The molecule has 0 radical (unpaired) electrons. The van der Waals surface area contributed by atoms with E-state index in [1.807, 2.05) is 24.3 Å². The first-order chi connectivity index (χ1) is 15.4. The normalized spacial score (nSPS) is 17.9. The summed E-state index contributed by atoms with van der Waals surface area (Å²) in [6, 6.07) is 42.5. The van der Waals surface area contributed by atoms with E-state index in [1.54, 1.807) is 0 Å². The van der Waals surface area contributed by atoms with Crippen molar-refractivity contribution in [1.82, 2.24) is 0 Å². The van der Waals surface area contributed by atoms with E-state index in [4.69, 9.17) is 9.73 Å². The van der Waals surface area contributed by atoms with E-state index in [-0.39, 0.29) is 12.1 Å². The zero-order chi connectivity index (χ0) is 20.9. The van der Waals surface area contributed by atoms with Crippen LogP contribution in [-0.2, 0) is 4.74 Å². The fourth-order valence-corrected chi connectivity index (χ4v) is 6.43. The Morgan fingerprint density at radius 2 is 1.10 bits per heavy atom. The molecule has 1 aliphatic heterocycles. The molecule has 1 heterocycles. The Bertz CT molecular complexity index is 1090. The monoisotopic (exact) mass is 421 g/mol. The summed E-state index contributed by atoms with van der Waals surface area (Å²) < 4.78 is 6.48. The van der Waals surface area contributed by atoms with Crippen molar-refractivity contribution < 1.29 is 4.74 Å². The maximum absolute atomic E-state index is 6.48. The van der Waals surface area contributed by atoms with Gasteiger partial charge in [-0.15, -0.1) is 0 Å². The SMILES string of the molecule is c1ccc(C2=N[C@@H](CP(c3ccccc3)c3ccccc3)[C@H](c3ccccc3)O2)cc1. The van der Waals surface area contributed by atoms with Gasteiger partial charge in [0.25, 0.3) is 0 Å². The molecule has 0 N–H and O–H groups in total. The molecule has 1 aliphatic rings. The Kier molecular flexibility index (Phi) is 5.91. The second-order valence-corrected chi connectivity index (χ2v) is 9.85. The van der Waals surface area contributed by atoms with Gasteiger partial charge in [-0.2, -0.15) is 0 Å². The Hall–Kier alpha value is -3.22. The average molecular weight is 421 g/mol. The van der Waals surface area contributed by atoms with Gasteiger partial charge in [-0.25, -0.2) is 4.99 Å². The number of hydrogen-bond acceptors (Lipinski definition) is 2. The standard InChI is InChI=1S/C28H24NOP/c1-5-13-22(14-6-1)27-26(29-28(30-27)23-15-7-2-8-16-23)21-31(24-17-9-3-10-18-24)25-19-11-4-12-20-25/h1-20,26-27H,21H2/t26-,27-/m0/s1. The molecule has 152 valence electrons. The molecule has 0 aromatic heterocycles. The summed E-state index contributed by atoms with van der Waals surface area (Å²) >= 11 is 0. The van der Waals surface area contributed by atoms with Crippen molar-refractivity contribution in [2.24, 2.45) is 4.99 Å². The second kappa shape index (κ2) is 9.29. The van der Waals surface area contributed by atoms with Crippen molar-refractivity contribution in [3.05, 3.63) is 132 Å². The third-order valence-corrected chi connectivity index (χ3v) is 8.11. The summed E-state index contributed by atoms with van der Waals surface area (Å²) in [5.41, 5.74) is 2.22. The van der Waals surface area contributed by atoms with E-state index >= 15 is 0 Å². The van der Waals surface area contributed by atoms with E-state index in [9.17, 15) is 0 Å². The molecule has 2 atom stereocenters. The fraction of sp³-hybridized carbons (Fsp3) is 0.107. The summed E-state index contributed by atoms with van der Waals surface area (Å²) in [7, 11) is -0.554. The number of hydrogen-bond donors (Lipinski definition) is 0. The Morgan fingerprint density at radius 1 is 0.613 bits per heavy atom. The predicted molar refractivity (Wildman–Crippen MR) is 131 cm³/mol. The molecule has 0 fully saturated rings. The van der Waals surface area contributed by atoms with E-state index in [2.05, 4.69) is 97.1 Å². The van der Waals surface area contributed by atoms with Crippen molar-refractivity contribution in [2.75, 3.05) is 6.16 Å². The maximum atomic E-state index is 6.48. The van der Waals surface area contributed by atoms with Crippen LogP contribution in [-0.4, -0.2) is 18.1 Å². The lowest BCUT2D eigenvalue weighted by atomic mass is 10.0. The molecule has 4 aromatic carbocycles. The first-order valence-electron chi connectivity index (χ1n) is 10.6. The van der Waals surface area contributed by atoms with Crippen molar-refractivity contribution in [3.8, 4) is 0 Å². The smallest absolute Gasteiger partial charge is 0.217 e. The molecule has 2 nitrogen and oxygen atoms in total. The molecule has 0 aliphatic carbocycles. The number of aliphatic imine (C=N–C) groups is 1. The van der Waals surface area contributed by atoms with Gasteiger partial charge in [-0.1, -0.05) is 109 Å². The van der Waals surface area contributed by atoms with Gasteiger partial charge >= 0.3 is 0 Å². The topological polar surface area (TPSA) is 21.6 Å². The molecule has 31 heavy (non-hydrogen) atoms. The van der Waals surface area contributed by atoms with Crippen molar-refractivity contribution in [3.63, 3.8) is 0 Å². The third-order valence-electron chi connectivity index (χ3n) is 5.53. The molecule has 3 heteroatoms. The van der Waals surface area contributed by atoms with E-state index in [0.717, 1.165) is 17.6 Å². The predicted octanol–water partition coefficient (Wildman–Crippen LogP) is 5.71. The lowest BCUT2D eigenvalue weighted by molar-refractivity contribution is 0.203. The average Bonchev–Trinajstić information content (AvgIpc) is 3.29. The first kappa shape index (κ1) is 19.7. The van der Waals surface area contributed by atoms with Crippen LogP contribution < -0.4 is 10.6 Å². The summed E-state index contributed by atoms with van der Waals surface area (Å²) in [6.07, 6.45) is 0.869. The Balaban J connectivity index is 1.53. The van der Waals surface area contributed by atoms with Crippen molar-refractivity contribution in [1.29, 1.82) is 0 Å². The Labute approximate surface area is 185 Å². The minimum Gasteiger partial charge on any atom is -0.467 e. The van der Waals surface area contributed by atoms with Crippen LogP contribution in [0.15, 0.2) is 126 Å². The van der Waals surface area contributed by atoms with Gasteiger partial charge in [-0.3, -0.25) is 0 Å². The minimum absolute atomic E-state index is 0.0594. The molecular weight excluding hydrogens is 397 g/mol. The second-order valence-electron chi connectivity index (χ2n) is 7.60. The summed E-state index contributed by atoms with van der Waals surface area (Å²) in [6.45, 7) is 0. The van der Waals surface area contributed by atoms with Gasteiger partial charge in [0.1, 0.15) is 6.10 Å². The highest BCUT2D eigenvalue weighted by Crippen LogP contribution is 2.41. The van der Waals surface area contributed by atoms with Crippen LogP contribution in [0.1, 0.15) is 17.2 Å². The van der Waals surface area contributed by atoms with Crippen LogP contribution in [0.2, 0.25) is 0 Å². The Morgan fingerprint density at radius 3 is 1.65 bits per heavy atom. The highest BCUT2D eigenvalue weighted by molar-refractivity contribution is 7.73. The highest BCUT2D eigenvalue weighted by atomic mass is 31.1. The lowest BCUT2D eigenvalue weighted by Gasteiger charge is -2.24. The number of rotatable bonds is 6. The molecule has 0 amide bonds. The molecule has 0 unspecified atom stereocenters. The number of benzene rings is 4. The molecular formula is C28H24NOP. The van der Waals surface area contributed by atoms with Crippen molar-refractivity contribution in [2.45, 2.75) is 12.1 Å². The fourth-order valence-electron chi connectivity index (χ4n) is 4.00. The van der Waals surface area contributed by atoms with Crippen LogP contribution >= 0.6 is 7.92 Å². The summed E-state index contributed by atoms with van der Waals surface area (Å²) in [4.78, 5) is 5.12. The van der Waals surface area contributed by atoms with Gasteiger partial charge < -0.3 is 4.74 Å². The van der Waals surface area contributed by atoms with Crippen LogP contribution in [0.3, 0.4) is 0 Å². The van der Waals surface area contributed by atoms with Gasteiger partial charge in [0.2, 0.25) is 5.90 Å².